The molecule has 2 heterocycles. The van der Waals surface area contributed by atoms with Crippen LogP contribution in [0.1, 0.15) is 44.2 Å². The van der Waals surface area contributed by atoms with Crippen LogP contribution in [0.25, 0.3) is 0 Å². The molecule has 0 radical (unpaired) electrons. The van der Waals surface area contributed by atoms with Crippen LogP contribution in [0, 0.1) is 0 Å². The van der Waals surface area contributed by atoms with Gasteiger partial charge in [-0.15, -0.1) is 24.0 Å². The van der Waals surface area contributed by atoms with Gasteiger partial charge in [-0.05, 0) is 69.9 Å². The van der Waals surface area contributed by atoms with E-state index in [0.717, 1.165) is 64.1 Å². The average Bonchev–Trinajstić information content (AvgIpc) is 3.48. The molecule has 2 fully saturated rings. The van der Waals surface area contributed by atoms with Crippen LogP contribution in [0.5, 0.6) is 5.75 Å². The van der Waals surface area contributed by atoms with Crippen LogP contribution in [0.3, 0.4) is 0 Å². The first-order valence-electron chi connectivity index (χ1n) is 11.9. The molecule has 1 aromatic rings. The van der Waals surface area contributed by atoms with Gasteiger partial charge in [-0.3, -0.25) is 14.8 Å². The van der Waals surface area contributed by atoms with Gasteiger partial charge in [0.05, 0.1) is 26.3 Å². The van der Waals surface area contributed by atoms with Gasteiger partial charge in [0, 0.05) is 32.8 Å². The van der Waals surface area contributed by atoms with Crippen molar-refractivity contribution in [1.82, 2.24) is 20.4 Å². The minimum atomic E-state index is 0. The highest BCUT2D eigenvalue weighted by Crippen LogP contribution is 2.28. The zero-order valence-corrected chi connectivity index (χ0v) is 22.3. The molecule has 8 heteroatoms. The Morgan fingerprint density at radius 2 is 1.97 bits per heavy atom. The molecule has 0 aromatic heterocycles. The Kier molecular flexibility index (Phi) is 12.7. The van der Waals surface area contributed by atoms with Crippen molar-refractivity contribution < 1.29 is 9.47 Å². The van der Waals surface area contributed by atoms with Crippen LogP contribution in [-0.2, 0) is 4.74 Å². The standard InChI is InChI=1S/C24H41N5O2.HI/c1-4-25-24(26-18-21-10-8-14-28(21)15-16-30-2)27-19-23(29-12-5-6-13-29)20-9-7-11-22(17-20)31-3;/h7,9,11,17,21,23H,4-6,8,10,12-16,18-19H2,1-3H3,(H2,25,26,27);1H. The van der Waals surface area contributed by atoms with E-state index in [1.807, 2.05) is 6.07 Å². The first-order valence-corrected chi connectivity index (χ1v) is 11.9. The van der Waals surface area contributed by atoms with Crippen LogP contribution in [0.2, 0.25) is 0 Å². The number of rotatable bonds is 11. The summed E-state index contributed by atoms with van der Waals surface area (Å²) in [6.45, 7) is 9.87. The lowest BCUT2D eigenvalue weighted by Gasteiger charge is -2.28. The monoisotopic (exact) mass is 559 g/mol. The summed E-state index contributed by atoms with van der Waals surface area (Å²) in [5.41, 5.74) is 1.28. The summed E-state index contributed by atoms with van der Waals surface area (Å²) in [5, 5.41) is 7.04. The average molecular weight is 560 g/mol. The maximum Gasteiger partial charge on any atom is 0.191 e. The minimum absolute atomic E-state index is 0. The molecule has 2 aliphatic rings. The van der Waals surface area contributed by atoms with E-state index >= 15 is 0 Å². The third-order valence-electron chi connectivity index (χ3n) is 6.41. The van der Waals surface area contributed by atoms with Crippen molar-refractivity contribution in [3.8, 4) is 5.75 Å². The molecule has 0 saturated carbocycles. The normalized spacial score (nSPS) is 20.7. The predicted molar refractivity (Wildman–Crippen MR) is 142 cm³/mol. The lowest BCUT2D eigenvalue weighted by Crippen LogP contribution is -2.45. The topological polar surface area (TPSA) is 61.4 Å². The number of likely N-dealkylation sites (tertiary alicyclic amines) is 2. The molecule has 32 heavy (non-hydrogen) atoms. The Balaban J connectivity index is 0.00000363. The highest BCUT2D eigenvalue weighted by molar-refractivity contribution is 14.0. The number of benzene rings is 1. The van der Waals surface area contributed by atoms with Crippen molar-refractivity contribution in [3.63, 3.8) is 0 Å². The number of nitrogens with one attached hydrogen (secondary N) is 2. The highest BCUT2D eigenvalue weighted by atomic mass is 127. The van der Waals surface area contributed by atoms with Crippen molar-refractivity contribution in [2.75, 3.05) is 66.6 Å². The third-order valence-corrected chi connectivity index (χ3v) is 6.41. The molecule has 0 aliphatic carbocycles. The fourth-order valence-corrected chi connectivity index (χ4v) is 4.70. The fraction of sp³-hybridized carbons (Fsp3) is 0.708. The molecule has 7 nitrogen and oxygen atoms in total. The molecule has 2 atom stereocenters. The zero-order valence-electron chi connectivity index (χ0n) is 20.0. The Morgan fingerprint density at radius 1 is 1.16 bits per heavy atom. The second-order valence-electron chi connectivity index (χ2n) is 8.46. The van der Waals surface area contributed by atoms with E-state index in [9.17, 15) is 0 Å². The number of halogens is 1. The van der Waals surface area contributed by atoms with Crippen LogP contribution < -0.4 is 15.4 Å². The molecule has 3 rings (SSSR count). The summed E-state index contributed by atoms with van der Waals surface area (Å²) >= 11 is 0. The van der Waals surface area contributed by atoms with Crippen LogP contribution in [0.15, 0.2) is 29.3 Å². The molecule has 0 spiro atoms. The van der Waals surface area contributed by atoms with E-state index in [2.05, 4.69) is 45.6 Å². The van der Waals surface area contributed by atoms with Gasteiger partial charge in [0.1, 0.15) is 5.75 Å². The number of methoxy groups -OCH3 is 2. The molecule has 2 N–H and O–H groups in total. The van der Waals surface area contributed by atoms with Gasteiger partial charge in [-0.2, -0.15) is 0 Å². The van der Waals surface area contributed by atoms with Gasteiger partial charge in [0.2, 0.25) is 0 Å². The summed E-state index contributed by atoms with van der Waals surface area (Å²) in [6.07, 6.45) is 5.02. The molecular weight excluding hydrogens is 517 g/mol. The smallest absolute Gasteiger partial charge is 0.191 e. The van der Waals surface area contributed by atoms with Crippen molar-refractivity contribution in [1.29, 1.82) is 0 Å². The molecule has 1 aromatic carbocycles. The molecule has 2 unspecified atom stereocenters. The Bertz CT molecular complexity index is 684. The molecule has 0 bridgehead atoms. The first-order chi connectivity index (χ1) is 15.2. The fourth-order valence-electron chi connectivity index (χ4n) is 4.70. The van der Waals surface area contributed by atoms with E-state index in [1.165, 1.54) is 31.2 Å². The lowest BCUT2D eigenvalue weighted by atomic mass is 10.1. The number of ether oxygens (including phenoxy) is 2. The van der Waals surface area contributed by atoms with Gasteiger partial charge < -0.3 is 20.1 Å². The third kappa shape index (κ3) is 8.04. The van der Waals surface area contributed by atoms with E-state index in [0.29, 0.717) is 6.04 Å². The summed E-state index contributed by atoms with van der Waals surface area (Å²) in [7, 11) is 3.51. The quantitative estimate of drug-likeness (QED) is 0.247. The second-order valence-corrected chi connectivity index (χ2v) is 8.46. The second kappa shape index (κ2) is 14.9. The molecule has 2 aliphatic heterocycles. The van der Waals surface area contributed by atoms with Gasteiger partial charge in [0.25, 0.3) is 0 Å². The minimum Gasteiger partial charge on any atom is -0.497 e. The Labute approximate surface area is 211 Å². The van der Waals surface area contributed by atoms with Gasteiger partial charge >= 0.3 is 0 Å². The van der Waals surface area contributed by atoms with Crippen LogP contribution >= 0.6 is 24.0 Å². The van der Waals surface area contributed by atoms with E-state index in [-0.39, 0.29) is 30.0 Å². The van der Waals surface area contributed by atoms with Crippen LogP contribution in [0.4, 0.5) is 0 Å². The molecule has 2 saturated heterocycles. The lowest BCUT2D eigenvalue weighted by molar-refractivity contribution is 0.141. The van der Waals surface area contributed by atoms with Gasteiger partial charge in [0.15, 0.2) is 5.96 Å². The number of guanidine groups is 1. The van der Waals surface area contributed by atoms with Gasteiger partial charge in [-0.1, -0.05) is 12.1 Å². The van der Waals surface area contributed by atoms with E-state index in [1.54, 1.807) is 14.2 Å². The Morgan fingerprint density at radius 3 is 2.69 bits per heavy atom. The predicted octanol–water partition coefficient (Wildman–Crippen LogP) is 3.12. The first kappa shape index (κ1) is 27.1. The van der Waals surface area contributed by atoms with Gasteiger partial charge in [-0.25, -0.2) is 0 Å². The number of nitrogens with zero attached hydrogens (tertiary/aromatic N) is 3. The summed E-state index contributed by atoms with van der Waals surface area (Å²) in [5.74, 6) is 1.82. The molecule has 182 valence electrons. The van der Waals surface area contributed by atoms with E-state index < -0.39 is 0 Å². The van der Waals surface area contributed by atoms with Crippen molar-refractivity contribution >= 4 is 29.9 Å². The number of aliphatic imine (C=N–C) groups is 1. The maximum absolute atomic E-state index is 5.47. The summed E-state index contributed by atoms with van der Waals surface area (Å²) < 4.78 is 10.7. The molecule has 0 amide bonds. The van der Waals surface area contributed by atoms with Crippen LogP contribution in [-0.4, -0.2) is 88.4 Å². The summed E-state index contributed by atoms with van der Waals surface area (Å²) in [6, 6.07) is 9.28. The Hall–Kier alpha value is -1.10. The van der Waals surface area contributed by atoms with E-state index in [4.69, 9.17) is 14.5 Å². The van der Waals surface area contributed by atoms with Crippen molar-refractivity contribution in [3.05, 3.63) is 29.8 Å². The zero-order chi connectivity index (χ0) is 21.9. The molecular formula is C24H42IN5O2. The highest BCUT2D eigenvalue weighted by Gasteiger charge is 2.25. The summed E-state index contributed by atoms with van der Waals surface area (Å²) in [4.78, 5) is 10.1. The number of hydrogen-bond acceptors (Lipinski definition) is 5. The number of hydrogen-bond donors (Lipinski definition) is 2. The van der Waals surface area contributed by atoms with Crippen molar-refractivity contribution in [2.45, 2.75) is 44.7 Å². The maximum atomic E-state index is 5.47. The van der Waals surface area contributed by atoms with Crippen molar-refractivity contribution in [2.24, 2.45) is 4.99 Å². The largest absolute Gasteiger partial charge is 0.497 e. The SMILES string of the molecule is CCNC(=NCC(c1cccc(OC)c1)N1CCCC1)NCC1CCCN1CCOC.I.